The van der Waals surface area contributed by atoms with Crippen LogP contribution in [0.1, 0.15) is 108 Å². The number of ketones is 1. The number of fused-ring (bicyclic) bond motifs is 1. The SMILES string of the molecule is CC.CCc1cc2ccc(CCC(C)C)cc2o1.COC(=O)N/C=C/CCC(C)c1cc(O)c(C(=O)C(C)C)c(=O)o1. The number of ether oxygens (including phenoxy) is 1. The number of benzene rings is 1. The summed E-state index contributed by atoms with van der Waals surface area (Å²) < 4.78 is 15.4. The van der Waals surface area contributed by atoms with Crippen LogP contribution in [0.5, 0.6) is 5.75 Å². The van der Waals surface area contributed by atoms with Crippen LogP contribution in [-0.2, 0) is 17.6 Å². The van der Waals surface area contributed by atoms with Crippen LogP contribution in [0.4, 0.5) is 4.79 Å². The van der Waals surface area contributed by atoms with Gasteiger partial charge in [0.05, 0.1) is 7.11 Å². The molecule has 2 N–H and O–H groups in total. The van der Waals surface area contributed by atoms with Crippen molar-refractivity contribution in [2.24, 2.45) is 11.8 Å². The summed E-state index contributed by atoms with van der Waals surface area (Å²) in [6, 6.07) is 10.0. The standard InChI is InChI=1S/C17H23NO6.C15H20O.C2H6/c1-10(2)15(20)14-12(19)9-13(24-16(14)21)11(3)7-5-6-8-18-17(22)23-4;1-4-14-10-13-8-7-12(6-5-11(2)3)9-15(13)16-14;1-2/h6,8-11,19H,5,7H2,1-4H3,(H,18,22);7-11H,4-6H2,1-3H3;1-2H3/b8-6+;;. The van der Waals surface area contributed by atoms with Crippen LogP contribution in [0.3, 0.4) is 0 Å². The first-order chi connectivity index (χ1) is 20.0. The Balaban J connectivity index is 0.000000423. The van der Waals surface area contributed by atoms with Crippen LogP contribution < -0.4 is 10.9 Å². The minimum atomic E-state index is -0.821. The van der Waals surface area contributed by atoms with Gasteiger partial charge in [-0.1, -0.05) is 73.6 Å². The van der Waals surface area contributed by atoms with Crippen molar-refractivity contribution >= 4 is 22.8 Å². The molecule has 3 rings (SSSR count). The smallest absolute Gasteiger partial charge is 0.410 e. The van der Waals surface area contributed by atoms with E-state index in [1.54, 1.807) is 19.9 Å². The van der Waals surface area contributed by atoms with Gasteiger partial charge in [0.2, 0.25) is 0 Å². The monoisotopic (exact) mass is 583 g/mol. The predicted octanol–water partition coefficient (Wildman–Crippen LogP) is 8.55. The fraction of sp³-hybridized carbons (Fsp3) is 0.500. The van der Waals surface area contributed by atoms with E-state index >= 15 is 0 Å². The number of furan rings is 1. The van der Waals surface area contributed by atoms with Crippen LogP contribution >= 0.6 is 0 Å². The molecule has 0 radical (unpaired) electrons. The van der Waals surface area contributed by atoms with E-state index in [1.165, 1.54) is 36.7 Å². The maximum atomic E-state index is 12.0. The number of aromatic hydroxyl groups is 1. The van der Waals surface area contributed by atoms with Gasteiger partial charge >= 0.3 is 11.7 Å². The number of alkyl carbamates (subject to hydrolysis) is 1. The van der Waals surface area contributed by atoms with Gasteiger partial charge < -0.3 is 18.7 Å². The van der Waals surface area contributed by atoms with E-state index in [0.717, 1.165) is 30.1 Å². The first-order valence-electron chi connectivity index (χ1n) is 14.9. The number of Topliss-reactive ketones (excluding diaryl/α,β-unsaturated/α-hetero) is 1. The summed E-state index contributed by atoms with van der Waals surface area (Å²) in [7, 11) is 1.27. The van der Waals surface area contributed by atoms with E-state index in [4.69, 9.17) is 8.83 Å². The highest BCUT2D eigenvalue weighted by molar-refractivity contribution is 5.99. The zero-order chi connectivity index (χ0) is 31.8. The van der Waals surface area contributed by atoms with E-state index < -0.39 is 23.4 Å². The van der Waals surface area contributed by atoms with E-state index in [1.807, 2.05) is 20.8 Å². The van der Waals surface area contributed by atoms with Crippen molar-refractivity contribution in [3.8, 4) is 5.75 Å². The molecular weight excluding hydrogens is 534 g/mol. The van der Waals surface area contributed by atoms with Crippen LogP contribution in [0.2, 0.25) is 0 Å². The van der Waals surface area contributed by atoms with Gasteiger partial charge in [-0.15, -0.1) is 0 Å². The van der Waals surface area contributed by atoms with Gasteiger partial charge in [-0.2, -0.15) is 0 Å². The Morgan fingerprint density at radius 3 is 2.29 bits per heavy atom. The van der Waals surface area contributed by atoms with Gasteiger partial charge in [-0.25, -0.2) is 9.59 Å². The Hall–Kier alpha value is -3.81. The van der Waals surface area contributed by atoms with Crippen molar-refractivity contribution in [1.82, 2.24) is 5.32 Å². The van der Waals surface area contributed by atoms with Crippen LogP contribution in [-0.4, -0.2) is 24.1 Å². The molecule has 0 saturated carbocycles. The van der Waals surface area contributed by atoms with Crippen molar-refractivity contribution in [3.05, 3.63) is 75.7 Å². The average Bonchev–Trinajstić information content (AvgIpc) is 3.39. The van der Waals surface area contributed by atoms with Gasteiger partial charge in [0, 0.05) is 35.9 Å². The number of rotatable bonds is 11. The lowest BCUT2D eigenvalue weighted by molar-refractivity contribution is 0.0931. The molecule has 1 atom stereocenters. The molecule has 0 bridgehead atoms. The fourth-order valence-corrected chi connectivity index (χ4v) is 3.93. The number of aryl methyl sites for hydroxylation is 2. The zero-order valence-electron chi connectivity index (χ0n) is 26.7. The molecular formula is C34H49NO7. The van der Waals surface area contributed by atoms with Crippen molar-refractivity contribution < 1.29 is 28.3 Å². The average molecular weight is 584 g/mol. The molecule has 42 heavy (non-hydrogen) atoms. The number of methoxy groups -OCH3 is 1. The maximum absolute atomic E-state index is 12.0. The summed E-state index contributed by atoms with van der Waals surface area (Å²) in [5.74, 6) is 0.803. The first-order valence-corrected chi connectivity index (χ1v) is 14.9. The number of hydrogen-bond acceptors (Lipinski definition) is 7. The highest BCUT2D eigenvalue weighted by Gasteiger charge is 2.22. The third-order valence-corrected chi connectivity index (χ3v) is 6.47. The Morgan fingerprint density at radius 1 is 1.02 bits per heavy atom. The van der Waals surface area contributed by atoms with E-state index in [-0.39, 0.29) is 17.2 Å². The molecule has 1 amide bonds. The molecule has 8 heteroatoms. The molecule has 0 saturated heterocycles. The summed E-state index contributed by atoms with van der Waals surface area (Å²) in [5, 5.41) is 13.6. The lowest BCUT2D eigenvalue weighted by atomic mass is 9.99. The summed E-state index contributed by atoms with van der Waals surface area (Å²) in [6.45, 7) is 15.8. The number of amides is 1. The molecule has 0 aliphatic rings. The van der Waals surface area contributed by atoms with Gasteiger partial charge in [0.15, 0.2) is 5.78 Å². The van der Waals surface area contributed by atoms with Crippen LogP contribution in [0.25, 0.3) is 11.0 Å². The molecule has 232 valence electrons. The van der Waals surface area contributed by atoms with Gasteiger partial charge in [-0.3, -0.25) is 10.1 Å². The second-order valence-electron chi connectivity index (χ2n) is 10.6. The molecule has 0 fully saturated rings. The summed E-state index contributed by atoms with van der Waals surface area (Å²) in [6.07, 6.45) is 7.25. The van der Waals surface area contributed by atoms with Crippen molar-refractivity contribution in [2.45, 2.75) is 93.4 Å². The van der Waals surface area contributed by atoms with Gasteiger partial charge in [0.25, 0.3) is 0 Å². The van der Waals surface area contributed by atoms with Crippen molar-refractivity contribution in [2.75, 3.05) is 7.11 Å². The number of allylic oxidation sites excluding steroid dienone is 1. The van der Waals surface area contributed by atoms with E-state index in [0.29, 0.717) is 18.6 Å². The van der Waals surface area contributed by atoms with Gasteiger partial charge in [-0.05, 0) is 49.3 Å². The minimum Gasteiger partial charge on any atom is -0.507 e. The molecule has 8 nitrogen and oxygen atoms in total. The Kier molecular flexibility index (Phi) is 16.0. The molecule has 3 aromatic rings. The largest absolute Gasteiger partial charge is 0.507 e. The van der Waals surface area contributed by atoms with E-state index in [2.05, 4.69) is 55.1 Å². The predicted molar refractivity (Wildman–Crippen MR) is 168 cm³/mol. The molecule has 0 spiro atoms. The second kappa shape index (κ2) is 18.6. The first kappa shape index (κ1) is 36.2. The summed E-state index contributed by atoms with van der Waals surface area (Å²) in [4.78, 5) is 34.7. The third kappa shape index (κ3) is 11.6. The van der Waals surface area contributed by atoms with Crippen LogP contribution in [0, 0.1) is 11.8 Å². The molecule has 2 heterocycles. The zero-order valence-corrected chi connectivity index (χ0v) is 26.7. The van der Waals surface area contributed by atoms with Gasteiger partial charge in [0.1, 0.15) is 28.4 Å². The molecule has 0 aliphatic heterocycles. The second-order valence-corrected chi connectivity index (χ2v) is 10.6. The maximum Gasteiger partial charge on any atom is 0.410 e. The molecule has 0 aliphatic carbocycles. The number of carbonyl (C=O) groups excluding carboxylic acids is 2. The lowest BCUT2D eigenvalue weighted by Gasteiger charge is -2.11. The van der Waals surface area contributed by atoms with Crippen LogP contribution in [0.15, 0.2) is 56.2 Å². The summed E-state index contributed by atoms with van der Waals surface area (Å²) in [5.41, 5.74) is 1.30. The quantitative estimate of drug-likeness (QED) is 0.217. The Bertz CT molecular complexity index is 1350. The van der Waals surface area contributed by atoms with E-state index in [9.17, 15) is 19.5 Å². The number of nitrogens with one attached hydrogen (secondary N) is 1. The molecule has 2 aromatic heterocycles. The number of carbonyl (C=O) groups is 2. The van der Waals surface area contributed by atoms with Crippen molar-refractivity contribution in [3.63, 3.8) is 0 Å². The van der Waals surface area contributed by atoms with Crippen molar-refractivity contribution in [1.29, 1.82) is 0 Å². The third-order valence-electron chi connectivity index (χ3n) is 6.47. The highest BCUT2D eigenvalue weighted by atomic mass is 16.5. The Labute approximate surface area is 250 Å². The highest BCUT2D eigenvalue weighted by Crippen LogP contribution is 2.26. The Morgan fingerprint density at radius 2 is 1.71 bits per heavy atom. The lowest BCUT2D eigenvalue weighted by Crippen LogP contribution is -2.19. The normalized spacial score (nSPS) is 11.6. The molecule has 1 unspecified atom stereocenters. The topological polar surface area (TPSA) is 119 Å². The minimum absolute atomic E-state index is 0.144. The molecule has 1 aromatic carbocycles. The number of hydrogen-bond donors (Lipinski definition) is 2. The fourth-order valence-electron chi connectivity index (χ4n) is 3.93. The summed E-state index contributed by atoms with van der Waals surface area (Å²) >= 11 is 0.